The van der Waals surface area contributed by atoms with Crippen LogP contribution in [0.3, 0.4) is 0 Å². The van der Waals surface area contributed by atoms with Crippen molar-refractivity contribution in [2.45, 2.75) is 4.90 Å². The number of benzene rings is 2. The van der Waals surface area contributed by atoms with E-state index in [0.29, 0.717) is 16.8 Å². The topological polar surface area (TPSA) is 84.8 Å². The van der Waals surface area contributed by atoms with Crippen LogP contribution in [0.1, 0.15) is 15.9 Å². The molecule has 2 aromatic rings. The lowest BCUT2D eigenvalue weighted by Gasteiger charge is -2.07. The normalized spacial score (nSPS) is 14.4. The molecule has 0 unspecified atom stereocenters. The highest BCUT2D eigenvalue weighted by atomic mass is 32.2. The first-order valence-electron chi connectivity index (χ1n) is 7.11. The lowest BCUT2D eigenvalue weighted by Crippen LogP contribution is -2.11. The Hall–Kier alpha value is -2.93. The second-order valence-corrected chi connectivity index (χ2v) is 6.57. The van der Waals surface area contributed by atoms with Crippen LogP contribution >= 0.6 is 0 Å². The van der Waals surface area contributed by atoms with Gasteiger partial charge in [0, 0.05) is 11.3 Å². The van der Waals surface area contributed by atoms with Crippen LogP contribution in [0.2, 0.25) is 0 Å². The van der Waals surface area contributed by atoms with Crippen LogP contribution in [-0.2, 0) is 14.8 Å². The molecule has 2 aromatic carbocycles. The van der Waals surface area contributed by atoms with Gasteiger partial charge in [-0.05, 0) is 36.4 Å². The summed E-state index contributed by atoms with van der Waals surface area (Å²) in [6.45, 7) is 3.62. The summed E-state index contributed by atoms with van der Waals surface area (Å²) >= 11 is 0. The molecule has 6 nitrogen and oxygen atoms in total. The number of amidine groups is 1. The first-order valence-corrected chi connectivity index (χ1v) is 8.55. The second kappa shape index (κ2) is 6.29. The smallest absolute Gasteiger partial charge is 0.338 e. The molecule has 0 aromatic heterocycles. The minimum absolute atomic E-state index is 0.143. The highest BCUT2D eigenvalue weighted by molar-refractivity contribution is 7.90. The fraction of sp³-hybridized carbons (Fsp3) is 0.0588. The maximum absolute atomic E-state index is 12.0. The van der Waals surface area contributed by atoms with E-state index in [1.165, 1.54) is 12.1 Å². The number of carbonyl (C=O) groups is 1. The minimum atomic E-state index is -3.66. The molecule has 0 spiro atoms. The Kier molecular flexibility index (Phi) is 4.18. The zero-order valence-electron chi connectivity index (χ0n) is 12.6. The van der Waals surface area contributed by atoms with Crippen molar-refractivity contribution >= 4 is 27.5 Å². The SMILES string of the molecule is C=CCOC(=O)c1ccc(NC2=NS(=O)(=O)c3ccccc32)cc1. The zero-order chi connectivity index (χ0) is 17.2. The summed E-state index contributed by atoms with van der Waals surface area (Å²) in [6, 6.07) is 13.1. The van der Waals surface area contributed by atoms with Gasteiger partial charge >= 0.3 is 5.97 Å². The van der Waals surface area contributed by atoms with E-state index < -0.39 is 16.0 Å². The van der Waals surface area contributed by atoms with E-state index in [4.69, 9.17) is 4.74 Å². The lowest BCUT2D eigenvalue weighted by molar-refractivity contribution is 0.0550. The average molecular weight is 342 g/mol. The molecule has 0 saturated carbocycles. The van der Waals surface area contributed by atoms with E-state index in [1.807, 2.05) is 0 Å². The number of sulfonamides is 1. The number of nitrogens with one attached hydrogen (secondary N) is 1. The van der Waals surface area contributed by atoms with Crippen LogP contribution in [0, 0.1) is 0 Å². The fourth-order valence-electron chi connectivity index (χ4n) is 2.24. The molecule has 3 rings (SSSR count). The van der Waals surface area contributed by atoms with Crippen LogP contribution in [0.4, 0.5) is 5.69 Å². The predicted molar refractivity (Wildman–Crippen MR) is 90.7 cm³/mol. The molecular formula is C17H14N2O4S. The quantitative estimate of drug-likeness (QED) is 0.682. The van der Waals surface area contributed by atoms with Gasteiger partial charge < -0.3 is 10.1 Å². The Morgan fingerprint density at radius 2 is 1.88 bits per heavy atom. The zero-order valence-corrected chi connectivity index (χ0v) is 13.4. The van der Waals surface area contributed by atoms with Crippen LogP contribution in [0.5, 0.6) is 0 Å². The summed E-state index contributed by atoms with van der Waals surface area (Å²) in [5, 5.41) is 2.96. The summed E-state index contributed by atoms with van der Waals surface area (Å²) in [7, 11) is -3.66. The van der Waals surface area contributed by atoms with Crippen molar-refractivity contribution < 1.29 is 17.9 Å². The van der Waals surface area contributed by atoms with Crippen molar-refractivity contribution in [3.8, 4) is 0 Å². The molecule has 1 aliphatic heterocycles. The van der Waals surface area contributed by atoms with Crippen molar-refractivity contribution in [3.63, 3.8) is 0 Å². The first kappa shape index (κ1) is 15.9. The van der Waals surface area contributed by atoms with Crippen LogP contribution in [-0.4, -0.2) is 26.8 Å². The highest BCUT2D eigenvalue weighted by Crippen LogP contribution is 2.26. The van der Waals surface area contributed by atoms with Crippen molar-refractivity contribution in [2.24, 2.45) is 4.40 Å². The van der Waals surface area contributed by atoms with Gasteiger partial charge in [0.15, 0.2) is 5.84 Å². The Labute approximate surface area is 139 Å². The number of hydrogen-bond acceptors (Lipinski definition) is 5. The highest BCUT2D eigenvalue weighted by Gasteiger charge is 2.28. The first-order chi connectivity index (χ1) is 11.5. The Balaban J connectivity index is 1.80. The molecule has 0 radical (unpaired) electrons. The van der Waals surface area contributed by atoms with E-state index in [2.05, 4.69) is 16.3 Å². The minimum Gasteiger partial charge on any atom is -0.458 e. The van der Waals surface area contributed by atoms with Gasteiger partial charge in [0.05, 0.1) is 5.56 Å². The van der Waals surface area contributed by atoms with Gasteiger partial charge in [0.25, 0.3) is 10.0 Å². The molecule has 1 N–H and O–H groups in total. The van der Waals surface area contributed by atoms with Gasteiger partial charge in [0.1, 0.15) is 11.5 Å². The molecule has 7 heteroatoms. The molecule has 122 valence electrons. The Bertz CT molecular complexity index is 931. The summed E-state index contributed by atoms with van der Waals surface area (Å²) in [6.07, 6.45) is 1.49. The number of esters is 1. The summed E-state index contributed by atoms with van der Waals surface area (Å²) < 4.78 is 32.7. The summed E-state index contributed by atoms with van der Waals surface area (Å²) in [5.41, 5.74) is 1.52. The van der Waals surface area contributed by atoms with Crippen molar-refractivity contribution in [2.75, 3.05) is 11.9 Å². The molecule has 1 heterocycles. The molecular weight excluding hydrogens is 328 g/mol. The lowest BCUT2D eigenvalue weighted by atomic mass is 10.1. The van der Waals surface area contributed by atoms with E-state index in [9.17, 15) is 13.2 Å². The number of ether oxygens (including phenoxy) is 1. The molecule has 0 bridgehead atoms. The predicted octanol–water partition coefficient (Wildman–Crippen LogP) is 2.59. The maximum Gasteiger partial charge on any atom is 0.338 e. The molecule has 0 amide bonds. The van der Waals surface area contributed by atoms with Gasteiger partial charge in [-0.15, -0.1) is 4.40 Å². The van der Waals surface area contributed by atoms with Crippen molar-refractivity contribution in [1.82, 2.24) is 0 Å². The van der Waals surface area contributed by atoms with Crippen LogP contribution in [0.15, 0.2) is 70.5 Å². The van der Waals surface area contributed by atoms with Gasteiger partial charge in [-0.1, -0.05) is 24.8 Å². The van der Waals surface area contributed by atoms with Gasteiger partial charge in [-0.3, -0.25) is 0 Å². The van der Waals surface area contributed by atoms with E-state index in [1.54, 1.807) is 42.5 Å². The molecule has 1 aliphatic rings. The fourth-order valence-corrected chi connectivity index (χ4v) is 3.42. The third kappa shape index (κ3) is 3.07. The Morgan fingerprint density at radius 3 is 2.58 bits per heavy atom. The molecule has 0 aliphatic carbocycles. The largest absolute Gasteiger partial charge is 0.458 e. The number of fused-ring (bicyclic) bond motifs is 1. The third-order valence-electron chi connectivity index (χ3n) is 3.35. The van der Waals surface area contributed by atoms with E-state index in [0.717, 1.165) is 0 Å². The summed E-state index contributed by atoms with van der Waals surface area (Å²) in [4.78, 5) is 11.9. The second-order valence-electron chi connectivity index (χ2n) is 5.00. The summed E-state index contributed by atoms with van der Waals surface area (Å²) in [5.74, 6) is -0.194. The monoisotopic (exact) mass is 342 g/mol. The van der Waals surface area contributed by atoms with E-state index in [-0.39, 0.29) is 17.3 Å². The Morgan fingerprint density at radius 1 is 1.17 bits per heavy atom. The molecule has 0 fully saturated rings. The molecule has 24 heavy (non-hydrogen) atoms. The number of nitrogens with zero attached hydrogens (tertiary/aromatic N) is 1. The van der Waals surface area contributed by atoms with E-state index >= 15 is 0 Å². The number of rotatable bonds is 4. The number of anilines is 1. The third-order valence-corrected chi connectivity index (χ3v) is 4.68. The molecule has 0 atom stereocenters. The van der Waals surface area contributed by atoms with Gasteiger partial charge in [0.2, 0.25) is 0 Å². The van der Waals surface area contributed by atoms with Crippen LogP contribution in [0.25, 0.3) is 0 Å². The maximum atomic E-state index is 12.0. The average Bonchev–Trinajstić information content (AvgIpc) is 2.84. The van der Waals surface area contributed by atoms with Gasteiger partial charge in [-0.25, -0.2) is 4.79 Å². The van der Waals surface area contributed by atoms with Gasteiger partial charge in [-0.2, -0.15) is 8.42 Å². The van der Waals surface area contributed by atoms with Crippen molar-refractivity contribution in [3.05, 3.63) is 72.3 Å². The number of carbonyl (C=O) groups excluding carboxylic acids is 1. The molecule has 0 saturated heterocycles. The van der Waals surface area contributed by atoms with Crippen LogP contribution < -0.4 is 5.32 Å². The van der Waals surface area contributed by atoms with Crippen molar-refractivity contribution in [1.29, 1.82) is 0 Å². The standard InChI is InChI=1S/C17H14N2O4S/c1-2-11-23-17(20)12-7-9-13(10-8-12)18-16-14-5-3-4-6-15(14)24(21,22)19-16/h2-10H,1,11H2,(H,18,19). The number of hydrogen-bond donors (Lipinski definition) is 1.